The Balaban J connectivity index is 1.43. The lowest BCUT2D eigenvalue weighted by Gasteiger charge is -2.39. The van der Waals surface area contributed by atoms with Gasteiger partial charge in [0.1, 0.15) is 23.4 Å². The van der Waals surface area contributed by atoms with Crippen LogP contribution in [0.15, 0.2) is 66.7 Å². The molecule has 33 heavy (non-hydrogen) atoms. The van der Waals surface area contributed by atoms with Gasteiger partial charge in [0.2, 0.25) is 0 Å². The number of likely N-dealkylation sites (tertiary alicyclic amines) is 1. The van der Waals surface area contributed by atoms with Crippen LogP contribution >= 0.6 is 0 Å². The van der Waals surface area contributed by atoms with Crippen molar-refractivity contribution in [2.24, 2.45) is 5.92 Å². The molecule has 0 spiro atoms. The van der Waals surface area contributed by atoms with Gasteiger partial charge in [0.15, 0.2) is 0 Å². The molecular formula is C29H31NO3. The summed E-state index contributed by atoms with van der Waals surface area (Å²) in [4.78, 5) is 2.17. The zero-order valence-corrected chi connectivity index (χ0v) is 18.3. The molecule has 4 heteroatoms. The quantitative estimate of drug-likeness (QED) is 0.483. The lowest BCUT2D eigenvalue weighted by atomic mass is 9.85. The minimum atomic E-state index is -2.46. The molecule has 0 saturated carbocycles. The molecule has 3 aromatic carbocycles. The molecule has 3 aromatic rings. The van der Waals surface area contributed by atoms with E-state index < -0.39 is 19.8 Å². The van der Waals surface area contributed by atoms with Crippen molar-refractivity contribution in [3.63, 3.8) is 0 Å². The highest BCUT2D eigenvalue weighted by atomic mass is 16.5. The number of hydrogen-bond donors (Lipinski definition) is 2. The normalized spacial score (nSPS) is 22.0. The fraction of sp³-hybridized carbons (Fsp3) is 0.310. The summed E-state index contributed by atoms with van der Waals surface area (Å²) in [7, 11) is 0. The van der Waals surface area contributed by atoms with E-state index >= 15 is 0 Å². The number of fused-ring (bicyclic) bond motifs is 1. The molecule has 5 rings (SSSR count). The molecule has 2 aliphatic rings. The average Bonchev–Trinajstić information content (AvgIpc) is 2.84. The van der Waals surface area contributed by atoms with Crippen LogP contribution in [0.1, 0.15) is 56.7 Å². The van der Waals surface area contributed by atoms with E-state index in [1.54, 1.807) is 18.2 Å². The number of aromatic hydroxyl groups is 2. The van der Waals surface area contributed by atoms with Gasteiger partial charge in [0.25, 0.3) is 0 Å². The van der Waals surface area contributed by atoms with Crippen molar-refractivity contribution in [2.75, 3.05) is 19.6 Å². The molecule has 0 aromatic heterocycles. The molecular weight excluding hydrogens is 410 g/mol. The zero-order chi connectivity index (χ0) is 27.9. The molecule has 170 valence electrons. The maximum Gasteiger partial charge on any atom is 0.150 e. The first-order chi connectivity index (χ1) is 18.4. The first-order valence-electron chi connectivity index (χ1n) is 14.2. The summed E-state index contributed by atoms with van der Waals surface area (Å²) >= 11 is 0. The van der Waals surface area contributed by atoms with E-state index in [1.807, 2.05) is 24.3 Å². The Morgan fingerprint density at radius 1 is 0.970 bits per heavy atom. The molecule has 0 bridgehead atoms. The summed E-state index contributed by atoms with van der Waals surface area (Å²) in [5, 5.41) is 19.9. The number of benzene rings is 3. The van der Waals surface area contributed by atoms with Crippen LogP contribution in [-0.2, 0) is 6.42 Å². The summed E-state index contributed by atoms with van der Waals surface area (Å²) in [6.07, 6.45) is 0.326. The Bertz CT molecular complexity index is 1360. The van der Waals surface area contributed by atoms with Gasteiger partial charge in [-0.15, -0.1) is 0 Å². The Hall–Kier alpha value is -3.24. The monoisotopic (exact) mass is 447 g/mol. The Morgan fingerprint density at radius 3 is 2.45 bits per heavy atom. The van der Waals surface area contributed by atoms with Crippen LogP contribution in [0.25, 0.3) is 11.1 Å². The summed E-state index contributed by atoms with van der Waals surface area (Å²) < 4.78 is 53.6. The van der Waals surface area contributed by atoms with E-state index in [9.17, 15) is 10.2 Å². The van der Waals surface area contributed by atoms with Gasteiger partial charge in [-0.05, 0) is 78.7 Å². The van der Waals surface area contributed by atoms with Gasteiger partial charge in [-0.3, -0.25) is 0 Å². The average molecular weight is 448 g/mol. The predicted molar refractivity (Wildman–Crippen MR) is 132 cm³/mol. The third-order valence-electron chi connectivity index (χ3n) is 6.46. The standard InChI is InChI=1S/C29H31NO3/c1-3-14-30-17-21(18-30)15-20-4-6-23(7-5-20)29-28(22-8-10-24(31)11-9-22)19(2)26-13-12-25(32)16-27(26)33-29/h4-13,16,21,29,31-32H,3,14-15,17-18H2,1-2H3/i1D3,2D3. The van der Waals surface area contributed by atoms with E-state index in [1.165, 1.54) is 24.3 Å². The second-order valence-electron chi connectivity index (χ2n) is 8.84. The lowest BCUT2D eigenvalue weighted by Crippen LogP contribution is -2.47. The van der Waals surface area contributed by atoms with Gasteiger partial charge in [-0.1, -0.05) is 43.3 Å². The number of phenolic OH excluding ortho intramolecular Hbond substituents is 2. The van der Waals surface area contributed by atoms with Crippen LogP contribution in [0.2, 0.25) is 0 Å². The highest BCUT2D eigenvalue weighted by Gasteiger charge is 2.30. The Kier molecular flexibility index (Phi) is 4.22. The van der Waals surface area contributed by atoms with Gasteiger partial charge >= 0.3 is 0 Å². The molecule has 0 aliphatic carbocycles. The fourth-order valence-corrected chi connectivity index (χ4v) is 4.76. The fourth-order valence-electron chi connectivity index (χ4n) is 4.76. The van der Waals surface area contributed by atoms with Crippen LogP contribution in [0, 0.1) is 5.92 Å². The Labute approximate surface area is 204 Å². The highest BCUT2D eigenvalue weighted by molar-refractivity contribution is 5.95. The molecule has 1 fully saturated rings. The van der Waals surface area contributed by atoms with E-state index in [2.05, 4.69) is 4.90 Å². The van der Waals surface area contributed by atoms with Crippen molar-refractivity contribution in [3.8, 4) is 17.2 Å². The first-order valence-corrected chi connectivity index (χ1v) is 11.2. The van der Waals surface area contributed by atoms with Crippen LogP contribution in [0.3, 0.4) is 0 Å². The molecule has 2 N–H and O–H groups in total. The van der Waals surface area contributed by atoms with E-state index in [-0.39, 0.29) is 23.5 Å². The number of ether oxygens (including phenoxy) is 1. The third-order valence-corrected chi connectivity index (χ3v) is 6.46. The minimum Gasteiger partial charge on any atom is -0.508 e. The molecule has 1 saturated heterocycles. The molecule has 0 amide bonds. The summed E-state index contributed by atoms with van der Waals surface area (Å²) in [6.45, 7) is -2.02. The van der Waals surface area contributed by atoms with Crippen LogP contribution in [-0.4, -0.2) is 34.7 Å². The van der Waals surface area contributed by atoms with Crippen molar-refractivity contribution < 1.29 is 23.2 Å². The molecule has 2 heterocycles. The second kappa shape index (κ2) is 8.95. The van der Waals surface area contributed by atoms with Crippen LogP contribution in [0.5, 0.6) is 17.2 Å². The first kappa shape index (κ1) is 15.6. The van der Waals surface area contributed by atoms with Gasteiger partial charge in [-0.25, -0.2) is 0 Å². The molecule has 1 atom stereocenters. The topological polar surface area (TPSA) is 52.9 Å². The van der Waals surface area contributed by atoms with Crippen molar-refractivity contribution in [2.45, 2.75) is 32.6 Å². The van der Waals surface area contributed by atoms with Crippen LogP contribution < -0.4 is 4.74 Å². The van der Waals surface area contributed by atoms with Gasteiger partial charge in [0.05, 0.1) is 0 Å². The zero-order valence-electron chi connectivity index (χ0n) is 24.3. The molecule has 1 unspecified atom stereocenters. The summed E-state index contributed by atoms with van der Waals surface area (Å²) in [5.41, 5.74) is 3.57. The van der Waals surface area contributed by atoms with Crippen LogP contribution in [0.4, 0.5) is 0 Å². The summed E-state index contributed by atoms with van der Waals surface area (Å²) in [6, 6.07) is 18.8. The van der Waals surface area contributed by atoms with Crippen molar-refractivity contribution >= 4 is 11.1 Å². The van der Waals surface area contributed by atoms with Crippen molar-refractivity contribution in [3.05, 3.63) is 89.0 Å². The number of allylic oxidation sites excluding steroid dienone is 1. The maximum atomic E-state index is 10.1. The molecule has 0 radical (unpaired) electrons. The van der Waals surface area contributed by atoms with Crippen molar-refractivity contribution in [1.29, 1.82) is 0 Å². The third kappa shape index (κ3) is 4.36. The maximum absolute atomic E-state index is 10.1. The van der Waals surface area contributed by atoms with E-state index in [0.29, 0.717) is 34.9 Å². The molecule has 4 nitrogen and oxygen atoms in total. The molecule has 2 aliphatic heterocycles. The number of hydrogen-bond acceptors (Lipinski definition) is 4. The summed E-state index contributed by atoms with van der Waals surface area (Å²) in [5.74, 6) is 0.812. The Morgan fingerprint density at radius 2 is 1.73 bits per heavy atom. The lowest BCUT2D eigenvalue weighted by molar-refractivity contribution is 0.101. The number of phenols is 2. The number of rotatable bonds is 6. The van der Waals surface area contributed by atoms with Gasteiger partial charge < -0.3 is 19.8 Å². The van der Waals surface area contributed by atoms with Gasteiger partial charge in [-0.2, -0.15) is 0 Å². The number of nitrogens with zero attached hydrogens (tertiary/aromatic N) is 1. The van der Waals surface area contributed by atoms with Crippen molar-refractivity contribution in [1.82, 2.24) is 4.90 Å². The second-order valence-corrected chi connectivity index (χ2v) is 8.84. The van der Waals surface area contributed by atoms with E-state index in [4.69, 9.17) is 13.0 Å². The SMILES string of the molecule is [2H]C([2H])([2H])CCN1CC(Cc2ccc(C3Oc4cc(O)ccc4C(C([2H])([2H])[2H])=C3c3ccc(O)cc3)cc2)C1. The minimum absolute atomic E-state index is 0.0192. The largest absolute Gasteiger partial charge is 0.508 e. The van der Waals surface area contributed by atoms with Gasteiger partial charge in [0, 0.05) is 38.5 Å². The predicted octanol–water partition coefficient (Wildman–Crippen LogP) is 6.05. The highest BCUT2D eigenvalue weighted by Crippen LogP contribution is 2.47. The smallest absolute Gasteiger partial charge is 0.150 e. The van der Waals surface area contributed by atoms with E-state index in [0.717, 1.165) is 30.6 Å².